The first-order valence-corrected chi connectivity index (χ1v) is 6.76. The van der Waals surface area contributed by atoms with Gasteiger partial charge in [0.15, 0.2) is 0 Å². The number of hydrogen-bond donors (Lipinski definition) is 1. The van der Waals surface area contributed by atoms with Gasteiger partial charge in [-0.3, -0.25) is 4.79 Å². The molecule has 5 heteroatoms. The van der Waals surface area contributed by atoms with E-state index in [1.165, 1.54) is 0 Å². The molecule has 1 saturated heterocycles. The highest BCUT2D eigenvalue weighted by Crippen LogP contribution is 2.20. The van der Waals surface area contributed by atoms with Gasteiger partial charge in [0.2, 0.25) is 0 Å². The quantitative estimate of drug-likeness (QED) is 0.861. The molecule has 1 aromatic rings. The minimum absolute atomic E-state index is 0.104. The molecule has 1 N–H and O–H groups in total. The first-order chi connectivity index (χ1) is 7.16. The van der Waals surface area contributed by atoms with E-state index in [0.29, 0.717) is 10.9 Å². The van der Waals surface area contributed by atoms with Gasteiger partial charge in [0, 0.05) is 34.8 Å². The molecular weight excluding hydrogens is 276 g/mol. The van der Waals surface area contributed by atoms with Crippen molar-refractivity contribution in [1.29, 1.82) is 0 Å². The maximum absolute atomic E-state index is 12.0. The SMILES string of the molecule is CC1CN(C(=O)c2cc(Br)c[nH]2)CCS1. The highest BCUT2D eigenvalue weighted by Gasteiger charge is 2.22. The first kappa shape index (κ1) is 11.1. The number of nitrogens with zero attached hydrogens (tertiary/aromatic N) is 1. The van der Waals surface area contributed by atoms with Crippen LogP contribution in [0.3, 0.4) is 0 Å². The zero-order chi connectivity index (χ0) is 10.8. The van der Waals surface area contributed by atoms with E-state index in [1.807, 2.05) is 22.7 Å². The van der Waals surface area contributed by atoms with Gasteiger partial charge in [0.05, 0.1) is 0 Å². The standard InChI is InChI=1S/C10H13BrN2OS/c1-7-6-13(2-3-15-7)10(14)9-4-8(11)5-12-9/h4-5,7,12H,2-3,6H2,1H3. The molecule has 0 bridgehead atoms. The van der Waals surface area contributed by atoms with E-state index in [0.717, 1.165) is 23.3 Å². The number of carbonyl (C=O) groups is 1. The number of aromatic amines is 1. The molecule has 1 unspecified atom stereocenters. The molecule has 1 amide bonds. The summed E-state index contributed by atoms with van der Waals surface area (Å²) in [5.74, 6) is 1.14. The molecule has 15 heavy (non-hydrogen) atoms. The van der Waals surface area contributed by atoms with Crippen LogP contribution in [0.15, 0.2) is 16.7 Å². The third-order valence-corrected chi connectivity index (χ3v) is 4.00. The lowest BCUT2D eigenvalue weighted by atomic mass is 10.3. The Morgan fingerprint density at radius 1 is 1.73 bits per heavy atom. The van der Waals surface area contributed by atoms with Gasteiger partial charge in [-0.15, -0.1) is 0 Å². The Labute approximate surface area is 102 Å². The minimum Gasteiger partial charge on any atom is -0.356 e. The Morgan fingerprint density at radius 3 is 3.13 bits per heavy atom. The summed E-state index contributed by atoms with van der Waals surface area (Å²) < 4.78 is 0.922. The number of amides is 1. The van der Waals surface area contributed by atoms with Crippen LogP contribution in [-0.2, 0) is 0 Å². The molecule has 1 aliphatic rings. The molecule has 0 aliphatic carbocycles. The molecule has 82 valence electrons. The lowest BCUT2D eigenvalue weighted by Crippen LogP contribution is -2.41. The molecule has 0 spiro atoms. The summed E-state index contributed by atoms with van der Waals surface area (Å²) in [7, 11) is 0. The van der Waals surface area contributed by atoms with Crippen molar-refractivity contribution in [3.63, 3.8) is 0 Å². The lowest BCUT2D eigenvalue weighted by molar-refractivity contribution is 0.0758. The van der Waals surface area contributed by atoms with Crippen molar-refractivity contribution in [3.8, 4) is 0 Å². The van der Waals surface area contributed by atoms with Gasteiger partial charge in [-0.1, -0.05) is 6.92 Å². The van der Waals surface area contributed by atoms with Crippen molar-refractivity contribution in [3.05, 3.63) is 22.4 Å². The van der Waals surface area contributed by atoms with E-state index in [4.69, 9.17) is 0 Å². The van der Waals surface area contributed by atoms with Crippen molar-refractivity contribution in [2.75, 3.05) is 18.8 Å². The Balaban J connectivity index is 2.07. The highest BCUT2D eigenvalue weighted by atomic mass is 79.9. The predicted molar refractivity (Wildman–Crippen MR) is 66.3 cm³/mol. The van der Waals surface area contributed by atoms with E-state index in [9.17, 15) is 4.79 Å². The molecular formula is C10H13BrN2OS. The van der Waals surface area contributed by atoms with Gasteiger partial charge in [0.1, 0.15) is 5.69 Å². The number of carbonyl (C=O) groups excluding carboxylic acids is 1. The number of nitrogens with one attached hydrogen (secondary N) is 1. The summed E-state index contributed by atoms with van der Waals surface area (Å²) >= 11 is 5.26. The fourth-order valence-corrected chi connectivity index (χ4v) is 3.02. The monoisotopic (exact) mass is 288 g/mol. The summed E-state index contributed by atoms with van der Waals surface area (Å²) in [4.78, 5) is 16.9. The number of halogens is 1. The van der Waals surface area contributed by atoms with Crippen LogP contribution in [0.5, 0.6) is 0 Å². The zero-order valence-electron chi connectivity index (χ0n) is 8.50. The van der Waals surface area contributed by atoms with Gasteiger partial charge in [-0.05, 0) is 22.0 Å². The molecule has 1 aliphatic heterocycles. The normalized spacial score (nSPS) is 21.7. The molecule has 0 aromatic carbocycles. The van der Waals surface area contributed by atoms with Crippen molar-refractivity contribution in [2.45, 2.75) is 12.2 Å². The molecule has 1 atom stereocenters. The van der Waals surface area contributed by atoms with E-state index in [-0.39, 0.29) is 5.91 Å². The van der Waals surface area contributed by atoms with Crippen molar-refractivity contribution in [2.24, 2.45) is 0 Å². The van der Waals surface area contributed by atoms with Gasteiger partial charge >= 0.3 is 0 Å². The van der Waals surface area contributed by atoms with Crippen LogP contribution in [0.25, 0.3) is 0 Å². The van der Waals surface area contributed by atoms with Crippen molar-refractivity contribution < 1.29 is 4.79 Å². The molecule has 1 aromatic heterocycles. The van der Waals surface area contributed by atoms with Crippen LogP contribution in [0.2, 0.25) is 0 Å². The summed E-state index contributed by atoms with van der Waals surface area (Å²) in [5.41, 5.74) is 0.668. The van der Waals surface area contributed by atoms with Crippen molar-refractivity contribution in [1.82, 2.24) is 9.88 Å². The number of H-pyrrole nitrogens is 1. The van der Waals surface area contributed by atoms with E-state index < -0.39 is 0 Å². The summed E-state index contributed by atoms with van der Waals surface area (Å²) in [6.45, 7) is 3.86. The van der Waals surface area contributed by atoms with Gasteiger partial charge < -0.3 is 9.88 Å². The average molecular weight is 289 g/mol. The summed E-state index contributed by atoms with van der Waals surface area (Å²) in [5, 5.41) is 0.543. The molecule has 1 fully saturated rings. The van der Waals surface area contributed by atoms with Crippen molar-refractivity contribution >= 4 is 33.6 Å². The molecule has 0 saturated carbocycles. The number of aromatic nitrogens is 1. The number of hydrogen-bond acceptors (Lipinski definition) is 2. The molecule has 3 nitrogen and oxygen atoms in total. The maximum Gasteiger partial charge on any atom is 0.270 e. The third kappa shape index (κ3) is 2.58. The van der Waals surface area contributed by atoms with Crippen LogP contribution in [0.1, 0.15) is 17.4 Å². The summed E-state index contributed by atoms with van der Waals surface area (Å²) in [6, 6.07) is 1.83. The number of thioether (sulfide) groups is 1. The van der Waals surface area contributed by atoms with Crippen LogP contribution in [0, 0.1) is 0 Å². The Bertz CT molecular complexity index is 366. The Kier molecular flexibility index (Phi) is 3.41. The van der Waals surface area contributed by atoms with Crippen LogP contribution >= 0.6 is 27.7 Å². The van der Waals surface area contributed by atoms with Crippen LogP contribution in [-0.4, -0.2) is 39.9 Å². The number of rotatable bonds is 1. The smallest absolute Gasteiger partial charge is 0.270 e. The van der Waals surface area contributed by atoms with Crippen LogP contribution < -0.4 is 0 Å². The molecule has 2 heterocycles. The second-order valence-corrected chi connectivity index (χ2v) is 6.13. The lowest BCUT2D eigenvalue weighted by Gasteiger charge is -2.30. The topological polar surface area (TPSA) is 36.1 Å². The average Bonchev–Trinajstić information content (AvgIpc) is 2.64. The van der Waals surface area contributed by atoms with Gasteiger partial charge in [-0.2, -0.15) is 11.8 Å². The van der Waals surface area contributed by atoms with E-state index in [2.05, 4.69) is 27.8 Å². The van der Waals surface area contributed by atoms with E-state index >= 15 is 0 Å². The fourth-order valence-electron chi connectivity index (χ4n) is 1.66. The summed E-state index contributed by atoms with van der Waals surface area (Å²) in [6.07, 6.45) is 1.79. The maximum atomic E-state index is 12.0. The molecule has 0 radical (unpaired) electrons. The van der Waals surface area contributed by atoms with Crippen LogP contribution in [0.4, 0.5) is 0 Å². The minimum atomic E-state index is 0.104. The highest BCUT2D eigenvalue weighted by molar-refractivity contribution is 9.10. The first-order valence-electron chi connectivity index (χ1n) is 4.91. The van der Waals surface area contributed by atoms with Gasteiger partial charge in [-0.25, -0.2) is 0 Å². The zero-order valence-corrected chi connectivity index (χ0v) is 10.9. The second-order valence-electron chi connectivity index (χ2n) is 3.66. The Hall–Kier alpha value is -0.420. The second kappa shape index (κ2) is 4.61. The van der Waals surface area contributed by atoms with Gasteiger partial charge in [0.25, 0.3) is 5.91 Å². The fraction of sp³-hybridized carbons (Fsp3) is 0.500. The third-order valence-electron chi connectivity index (χ3n) is 2.41. The predicted octanol–water partition coefficient (Wildman–Crippen LogP) is 2.35. The molecule has 2 rings (SSSR count). The Morgan fingerprint density at radius 2 is 2.53 bits per heavy atom. The largest absolute Gasteiger partial charge is 0.356 e. The van der Waals surface area contributed by atoms with E-state index in [1.54, 1.807) is 6.20 Å².